The predicted octanol–water partition coefficient (Wildman–Crippen LogP) is 2.09. The van der Waals surface area contributed by atoms with Gasteiger partial charge in [-0.1, -0.05) is 36.4 Å². The van der Waals surface area contributed by atoms with E-state index in [1.807, 2.05) is 30.3 Å². The van der Waals surface area contributed by atoms with Crippen LogP contribution in [0.5, 0.6) is 0 Å². The summed E-state index contributed by atoms with van der Waals surface area (Å²) < 4.78 is 25.4. The molecule has 2 aromatic carbocycles. The average Bonchev–Trinajstić information content (AvgIpc) is 2.28. The van der Waals surface area contributed by atoms with E-state index in [1.54, 1.807) is 12.1 Å². The average molecular weight is 235 g/mol. The van der Waals surface area contributed by atoms with E-state index in [4.69, 9.17) is 0 Å². The smallest absolute Gasteiger partial charge is 0.207 e. The minimum Gasteiger partial charge on any atom is -0.207 e. The summed E-state index contributed by atoms with van der Waals surface area (Å²) in [5.41, 5.74) is 0. The Morgan fingerprint density at radius 3 is 2.25 bits per heavy atom. The maximum Gasteiger partial charge on any atom is 0.243 e. The zero-order valence-electron chi connectivity index (χ0n) is 9.21. The highest BCUT2D eigenvalue weighted by atomic mass is 32.2. The normalized spacial score (nSPS) is 12.2. The number of rotatable bonds is 2. The molecular formula is C12H13NO2S. The van der Waals surface area contributed by atoms with Crippen LogP contribution in [0.1, 0.15) is 0 Å². The maximum absolute atomic E-state index is 12.1. The molecule has 0 bridgehead atoms. The molecule has 0 N–H and O–H groups in total. The van der Waals surface area contributed by atoms with Crippen molar-refractivity contribution in [1.29, 1.82) is 0 Å². The third kappa shape index (κ3) is 1.70. The van der Waals surface area contributed by atoms with Crippen molar-refractivity contribution in [3.8, 4) is 0 Å². The van der Waals surface area contributed by atoms with Gasteiger partial charge in [-0.2, -0.15) is 0 Å². The molecule has 0 fully saturated rings. The molecule has 0 atom stereocenters. The van der Waals surface area contributed by atoms with Crippen LogP contribution in [0.25, 0.3) is 10.8 Å². The third-order valence-electron chi connectivity index (χ3n) is 2.51. The molecule has 0 aromatic heterocycles. The molecule has 16 heavy (non-hydrogen) atoms. The fourth-order valence-electron chi connectivity index (χ4n) is 1.62. The SMILES string of the molecule is CN(C)S(=O)(=O)c1cccc2ccccc12. The van der Waals surface area contributed by atoms with Crippen molar-refractivity contribution in [2.45, 2.75) is 4.90 Å². The van der Waals surface area contributed by atoms with E-state index in [2.05, 4.69) is 0 Å². The summed E-state index contributed by atoms with van der Waals surface area (Å²) in [7, 11) is -0.293. The van der Waals surface area contributed by atoms with Gasteiger partial charge in [0.05, 0.1) is 4.90 Å². The first-order chi connectivity index (χ1) is 7.53. The van der Waals surface area contributed by atoms with Gasteiger partial charge in [-0.15, -0.1) is 0 Å². The summed E-state index contributed by atoms with van der Waals surface area (Å²) in [6.45, 7) is 0. The maximum atomic E-state index is 12.1. The van der Waals surface area contributed by atoms with E-state index < -0.39 is 10.0 Å². The first kappa shape index (κ1) is 11.1. The Bertz CT molecular complexity index is 612. The zero-order chi connectivity index (χ0) is 11.8. The van der Waals surface area contributed by atoms with Crippen LogP contribution in [0, 0.1) is 0 Å². The summed E-state index contributed by atoms with van der Waals surface area (Å²) >= 11 is 0. The van der Waals surface area contributed by atoms with Crippen LogP contribution in [0.3, 0.4) is 0 Å². The molecular weight excluding hydrogens is 222 g/mol. The van der Waals surface area contributed by atoms with Gasteiger partial charge >= 0.3 is 0 Å². The molecule has 0 radical (unpaired) electrons. The van der Waals surface area contributed by atoms with Crippen molar-refractivity contribution in [1.82, 2.24) is 4.31 Å². The lowest BCUT2D eigenvalue weighted by Gasteiger charge is -2.13. The number of nitrogens with zero attached hydrogens (tertiary/aromatic N) is 1. The van der Waals surface area contributed by atoms with E-state index in [0.717, 1.165) is 10.8 Å². The third-order valence-corrected chi connectivity index (χ3v) is 4.38. The summed E-state index contributed by atoms with van der Waals surface area (Å²) in [5, 5.41) is 1.70. The lowest BCUT2D eigenvalue weighted by Crippen LogP contribution is -2.22. The fourth-order valence-corrected chi connectivity index (χ4v) is 2.73. The molecule has 0 aliphatic heterocycles. The van der Waals surface area contributed by atoms with Crippen LogP contribution in [0.4, 0.5) is 0 Å². The van der Waals surface area contributed by atoms with Crippen molar-refractivity contribution >= 4 is 20.8 Å². The number of benzene rings is 2. The van der Waals surface area contributed by atoms with Crippen LogP contribution in [-0.4, -0.2) is 26.8 Å². The van der Waals surface area contributed by atoms with Gasteiger partial charge in [0.15, 0.2) is 0 Å². The van der Waals surface area contributed by atoms with Gasteiger partial charge in [0.2, 0.25) is 10.0 Å². The monoisotopic (exact) mass is 235 g/mol. The van der Waals surface area contributed by atoms with Crippen LogP contribution in [0.2, 0.25) is 0 Å². The second-order valence-electron chi connectivity index (χ2n) is 3.76. The van der Waals surface area contributed by atoms with Gasteiger partial charge in [0.25, 0.3) is 0 Å². The molecule has 84 valence electrons. The molecule has 0 unspecified atom stereocenters. The van der Waals surface area contributed by atoms with E-state index in [9.17, 15) is 8.42 Å². The highest BCUT2D eigenvalue weighted by molar-refractivity contribution is 7.89. The van der Waals surface area contributed by atoms with Crippen LogP contribution in [0.15, 0.2) is 47.4 Å². The van der Waals surface area contributed by atoms with E-state index in [-0.39, 0.29) is 0 Å². The Kier molecular flexibility index (Phi) is 2.69. The lowest BCUT2D eigenvalue weighted by molar-refractivity contribution is 0.521. The topological polar surface area (TPSA) is 37.4 Å². The molecule has 0 saturated carbocycles. The van der Waals surface area contributed by atoms with Crippen molar-refractivity contribution in [3.63, 3.8) is 0 Å². The number of sulfonamides is 1. The van der Waals surface area contributed by atoms with Gasteiger partial charge in [-0.05, 0) is 11.5 Å². The van der Waals surface area contributed by atoms with Crippen molar-refractivity contribution in [2.75, 3.05) is 14.1 Å². The number of fused-ring (bicyclic) bond motifs is 1. The van der Waals surface area contributed by atoms with E-state index >= 15 is 0 Å². The van der Waals surface area contributed by atoms with Gasteiger partial charge in [0.1, 0.15) is 0 Å². The number of hydrogen-bond donors (Lipinski definition) is 0. The van der Waals surface area contributed by atoms with Crippen LogP contribution in [-0.2, 0) is 10.0 Å². The molecule has 0 amide bonds. The Hall–Kier alpha value is -1.39. The standard InChI is InChI=1S/C12H13NO2S/c1-13(2)16(14,15)12-9-5-7-10-6-3-4-8-11(10)12/h3-9H,1-2H3. The molecule has 0 heterocycles. The quantitative estimate of drug-likeness (QED) is 0.799. The van der Waals surface area contributed by atoms with Crippen LogP contribution < -0.4 is 0 Å². The molecule has 0 aliphatic carbocycles. The van der Waals surface area contributed by atoms with Gasteiger partial charge in [-0.25, -0.2) is 12.7 Å². The Balaban J connectivity index is 2.80. The minimum absolute atomic E-state index is 0.357. The fraction of sp³-hybridized carbons (Fsp3) is 0.167. The zero-order valence-corrected chi connectivity index (χ0v) is 10.0. The molecule has 0 spiro atoms. The van der Waals surface area contributed by atoms with E-state index in [0.29, 0.717) is 4.90 Å². The molecule has 4 heteroatoms. The summed E-state index contributed by atoms with van der Waals surface area (Å²) in [4.78, 5) is 0.357. The van der Waals surface area contributed by atoms with Crippen molar-refractivity contribution < 1.29 is 8.42 Å². The lowest BCUT2D eigenvalue weighted by atomic mass is 10.1. The Morgan fingerprint density at radius 1 is 0.938 bits per heavy atom. The number of hydrogen-bond acceptors (Lipinski definition) is 2. The van der Waals surface area contributed by atoms with Crippen molar-refractivity contribution in [3.05, 3.63) is 42.5 Å². The second kappa shape index (κ2) is 3.88. The summed E-state index contributed by atoms with van der Waals surface area (Å²) in [6, 6.07) is 12.8. The minimum atomic E-state index is -3.37. The first-order valence-electron chi connectivity index (χ1n) is 4.94. The van der Waals surface area contributed by atoms with Gasteiger partial charge in [0, 0.05) is 19.5 Å². The van der Waals surface area contributed by atoms with Gasteiger partial charge in [-0.3, -0.25) is 0 Å². The molecule has 3 nitrogen and oxygen atoms in total. The Labute approximate surface area is 95.4 Å². The Morgan fingerprint density at radius 2 is 1.56 bits per heavy atom. The largest absolute Gasteiger partial charge is 0.243 e. The van der Waals surface area contributed by atoms with E-state index in [1.165, 1.54) is 18.4 Å². The highest BCUT2D eigenvalue weighted by Gasteiger charge is 2.19. The van der Waals surface area contributed by atoms with Gasteiger partial charge < -0.3 is 0 Å². The molecule has 2 aromatic rings. The molecule has 0 aliphatic rings. The highest BCUT2D eigenvalue weighted by Crippen LogP contribution is 2.24. The molecule has 0 saturated heterocycles. The van der Waals surface area contributed by atoms with Crippen molar-refractivity contribution in [2.24, 2.45) is 0 Å². The van der Waals surface area contributed by atoms with Crippen LogP contribution >= 0.6 is 0 Å². The second-order valence-corrected chi connectivity index (χ2v) is 5.88. The first-order valence-corrected chi connectivity index (χ1v) is 6.38. The predicted molar refractivity (Wildman–Crippen MR) is 64.8 cm³/mol. The molecule has 2 rings (SSSR count). The summed E-state index contributed by atoms with van der Waals surface area (Å²) in [6.07, 6.45) is 0. The summed E-state index contributed by atoms with van der Waals surface area (Å²) in [5.74, 6) is 0.